The summed E-state index contributed by atoms with van der Waals surface area (Å²) in [5.74, 6) is 1.62. The number of nitrogens with one attached hydrogen (secondary N) is 2. The third kappa shape index (κ3) is 7.00. The SMILES string of the molecule is CN=C(NCc1ncc(C)s1)NCc1ccccc1CN1CCCC(C)C1.I. The van der Waals surface area contributed by atoms with Gasteiger partial charge in [0.15, 0.2) is 5.96 Å². The van der Waals surface area contributed by atoms with Gasteiger partial charge in [-0.3, -0.25) is 9.89 Å². The number of piperidine rings is 1. The van der Waals surface area contributed by atoms with Gasteiger partial charge < -0.3 is 10.6 Å². The molecule has 0 aliphatic carbocycles. The van der Waals surface area contributed by atoms with Gasteiger partial charge in [-0.05, 0) is 43.4 Å². The number of halogens is 1. The Morgan fingerprint density at radius 1 is 1.25 bits per heavy atom. The molecule has 1 aliphatic rings. The summed E-state index contributed by atoms with van der Waals surface area (Å²) in [5.41, 5.74) is 2.74. The van der Waals surface area contributed by atoms with Crippen LogP contribution in [0.4, 0.5) is 0 Å². The van der Waals surface area contributed by atoms with E-state index in [0.29, 0.717) is 6.54 Å². The summed E-state index contributed by atoms with van der Waals surface area (Å²) in [4.78, 5) is 12.6. The Hall–Kier alpha value is -1.19. The number of aryl methyl sites for hydroxylation is 1. The highest BCUT2D eigenvalue weighted by atomic mass is 127. The van der Waals surface area contributed by atoms with Crippen LogP contribution in [0.2, 0.25) is 0 Å². The zero-order valence-electron chi connectivity index (χ0n) is 17.1. The molecule has 1 atom stereocenters. The number of hydrogen-bond donors (Lipinski definition) is 2. The number of benzene rings is 1. The molecule has 3 rings (SSSR count). The Balaban J connectivity index is 0.00000280. The first-order valence-corrected chi connectivity index (χ1v) is 10.6. The fourth-order valence-electron chi connectivity index (χ4n) is 3.60. The molecular weight excluding hydrogens is 481 g/mol. The second-order valence-electron chi connectivity index (χ2n) is 7.40. The molecule has 1 fully saturated rings. The van der Waals surface area contributed by atoms with E-state index in [1.54, 1.807) is 11.3 Å². The van der Waals surface area contributed by atoms with E-state index >= 15 is 0 Å². The Morgan fingerprint density at radius 2 is 2.00 bits per heavy atom. The highest BCUT2D eigenvalue weighted by Gasteiger charge is 2.17. The molecule has 1 aromatic heterocycles. The maximum absolute atomic E-state index is 4.39. The van der Waals surface area contributed by atoms with Crippen LogP contribution in [0, 0.1) is 12.8 Å². The molecule has 5 nitrogen and oxygen atoms in total. The molecule has 154 valence electrons. The molecule has 1 unspecified atom stereocenters. The average Bonchev–Trinajstić information content (AvgIpc) is 3.08. The largest absolute Gasteiger partial charge is 0.352 e. The third-order valence-corrected chi connectivity index (χ3v) is 5.91. The van der Waals surface area contributed by atoms with Crippen molar-refractivity contribution in [2.45, 2.75) is 46.3 Å². The lowest BCUT2D eigenvalue weighted by Crippen LogP contribution is -2.37. The molecule has 2 aromatic rings. The maximum atomic E-state index is 4.39. The first kappa shape index (κ1) is 23.1. The average molecular weight is 513 g/mol. The van der Waals surface area contributed by atoms with E-state index in [-0.39, 0.29) is 24.0 Å². The quantitative estimate of drug-likeness (QED) is 0.346. The van der Waals surface area contributed by atoms with Crippen molar-refractivity contribution in [1.82, 2.24) is 20.5 Å². The Labute approximate surface area is 190 Å². The van der Waals surface area contributed by atoms with Crippen LogP contribution in [0.15, 0.2) is 35.5 Å². The molecule has 1 aromatic carbocycles. The normalized spacial score (nSPS) is 17.8. The highest BCUT2D eigenvalue weighted by molar-refractivity contribution is 14.0. The molecule has 0 bridgehead atoms. The smallest absolute Gasteiger partial charge is 0.191 e. The number of aromatic nitrogens is 1. The zero-order chi connectivity index (χ0) is 19.1. The van der Waals surface area contributed by atoms with Crippen LogP contribution >= 0.6 is 35.3 Å². The second kappa shape index (κ2) is 11.7. The molecule has 0 spiro atoms. The third-order valence-electron chi connectivity index (χ3n) is 5.00. The van der Waals surface area contributed by atoms with E-state index < -0.39 is 0 Å². The molecule has 0 radical (unpaired) electrons. The van der Waals surface area contributed by atoms with Crippen molar-refractivity contribution in [3.05, 3.63) is 51.5 Å². The van der Waals surface area contributed by atoms with Gasteiger partial charge in [0, 0.05) is 37.8 Å². The monoisotopic (exact) mass is 513 g/mol. The lowest BCUT2D eigenvalue weighted by atomic mass is 9.99. The molecule has 28 heavy (non-hydrogen) atoms. The van der Waals surface area contributed by atoms with Gasteiger partial charge in [0.25, 0.3) is 0 Å². The standard InChI is InChI=1S/C21H31N5S.HI/c1-16-7-6-10-26(14-16)15-19-9-5-4-8-18(19)12-24-21(22-3)25-13-20-23-11-17(2)27-20;/h4-5,8-9,11,16H,6-7,10,12-15H2,1-3H3,(H2,22,24,25);1H. The number of thiazole rings is 1. The molecule has 7 heteroatoms. The van der Waals surface area contributed by atoms with Gasteiger partial charge in [-0.25, -0.2) is 4.98 Å². The van der Waals surface area contributed by atoms with E-state index in [1.165, 1.54) is 41.9 Å². The summed E-state index contributed by atoms with van der Waals surface area (Å²) < 4.78 is 0. The van der Waals surface area contributed by atoms with Crippen molar-refractivity contribution < 1.29 is 0 Å². The number of nitrogens with zero attached hydrogens (tertiary/aromatic N) is 3. The molecule has 0 saturated carbocycles. The van der Waals surface area contributed by atoms with Gasteiger partial charge in [0.05, 0.1) is 6.54 Å². The van der Waals surface area contributed by atoms with Gasteiger partial charge in [-0.2, -0.15) is 0 Å². The van der Waals surface area contributed by atoms with Crippen LogP contribution in [0.1, 0.15) is 40.8 Å². The van der Waals surface area contributed by atoms with Crippen LogP contribution in [0.5, 0.6) is 0 Å². The predicted molar refractivity (Wildman–Crippen MR) is 129 cm³/mol. The summed E-state index contributed by atoms with van der Waals surface area (Å²) >= 11 is 1.71. The minimum atomic E-state index is 0. The number of aliphatic imine (C=N–C) groups is 1. The van der Waals surface area contributed by atoms with Crippen LogP contribution in [-0.4, -0.2) is 36.0 Å². The Bertz CT molecular complexity index is 761. The zero-order valence-corrected chi connectivity index (χ0v) is 20.2. The van der Waals surface area contributed by atoms with Crippen molar-refractivity contribution in [2.75, 3.05) is 20.1 Å². The molecule has 0 amide bonds. The van der Waals surface area contributed by atoms with Crippen molar-refractivity contribution >= 4 is 41.3 Å². The summed E-state index contributed by atoms with van der Waals surface area (Å²) in [7, 11) is 1.81. The highest BCUT2D eigenvalue weighted by Crippen LogP contribution is 2.19. The molecule has 1 aliphatic heterocycles. The topological polar surface area (TPSA) is 52.6 Å². The number of likely N-dealkylation sites (tertiary alicyclic amines) is 1. The lowest BCUT2D eigenvalue weighted by molar-refractivity contribution is 0.176. The van der Waals surface area contributed by atoms with Crippen molar-refractivity contribution in [3.63, 3.8) is 0 Å². The van der Waals surface area contributed by atoms with E-state index in [9.17, 15) is 0 Å². The van der Waals surface area contributed by atoms with Gasteiger partial charge in [0.2, 0.25) is 0 Å². The molecule has 2 N–H and O–H groups in total. The van der Waals surface area contributed by atoms with Gasteiger partial charge in [0.1, 0.15) is 5.01 Å². The van der Waals surface area contributed by atoms with Crippen LogP contribution in [0.3, 0.4) is 0 Å². The Kier molecular flexibility index (Phi) is 9.67. The first-order valence-electron chi connectivity index (χ1n) is 9.79. The molecular formula is C21H32IN5S. The van der Waals surface area contributed by atoms with Crippen molar-refractivity contribution in [2.24, 2.45) is 10.9 Å². The minimum absolute atomic E-state index is 0. The van der Waals surface area contributed by atoms with Crippen LogP contribution < -0.4 is 10.6 Å². The van der Waals surface area contributed by atoms with E-state index in [1.807, 2.05) is 13.2 Å². The predicted octanol–water partition coefficient (Wildman–Crippen LogP) is 4.17. The first-order chi connectivity index (χ1) is 13.1. The maximum Gasteiger partial charge on any atom is 0.191 e. The van der Waals surface area contributed by atoms with Crippen molar-refractivity contribution in [3.8, 4) is 0 Å². The fourth-order valence-corrected chi connectivity index (χ4v) is 4.32. The summed E-state index contributed by atoms with van der Waals surface area (Å²) in [6, 6.07) is 8.73. The van der Waals surface area contributed by atoms with Gasteiger partial charge in [-0.1, -0.05) is 31.2 Å². The Morgan fingerprint density at radius 3 is 2.68 bits per heavy atom. The number of rotatable bonds is 6. The lowest BCUT2D eigenvalue weighted by Gasteiger charge is -2.31. The summed E-state index contributed by atoms with van der Waals surface area (Å²) in [6.45, 7) is 9.36. The summed E-state index contributed by atoms with van der Waals surface area (Å²) in [6.07, 6.45) is 4.59. The van der Waals surface area contributed by atoms with Crippen LogP contribution in [-0.2, 0) is 19.6 Å². The summed E-state index contributed by atoms with van der Waals surface area (Å²) in [5, 5.41) is 7.88. The van der Waals surface area contributed by atoms with Crippen molar-refractivity contribution in [1.29, 1.82) is 0 Å². The van der Waals surface area contributed by atoms with E-state index in [2.05, 4.69) is 63.6 Å². The van der Waals surface area contributed by atoms with E-state index in [0.717, 1.165) is 30.0 Å². The van der Waals surface area contributed by atoms with Gasteiger partial charge in [-0.15, -0.1) is 35.3 Å². The second-order valence-corrected chi connectivity index (χ2v) is 8.71. The number of guanidine groups is 1. The van der Waals surface area contributed by atoms with Gasteiger partial charge >= 0.3 is 0 Å². The molecule has 1 saturated heterocycles. The molecule has 2 heterocycles. The van der Waals surface area contributed by atoms with E-state index in [4.69, 9.17) is 0 Å². The number of hydrogen-bond acceptors (Lipinski definition) is 4. The fraction of sp³-hybridized carbons (Fsp3) is 0.524. The van der Waals surface area contributed by atoms with Crippen LogP contribution in [0.25, 0.3) is 0 Å². The minimum Gasteiger partial charge on any atom is -0.352 e.